The summed E-state index contributed by atoms with van der Waals surface area (Å²) in [7, 11) is -2.41. The number of carbonyl (C=O) groups is 1. The van der Waals surface area contributed by atoms with E-state index in [0.29, 0.717) is 29.7 Å². The van der Waals surface area contributed by atoms with Crippen molar-refractivity contribution in [2.75, 3.05) is 38.7 Å². The Morgan fingerprint density at radius 2 is 2.03 bits per heavy atom. The number of carbonyl (C=O) groups excluding carboxylic acids is 1. The normalized spacial score (nSPS) is 15.0. The van der Waals surface area contributed by atoms with Crippen molar-refractivity contribution in [2.24, 2.45) is 0 Å². The molecule has 11 heteroatoms. The van der Waals surface area contributed by atoms with Gasteiger partial charge in [0.25, 0.3) is 5.91 Å². The number of thiazole rings is 1. The lowest BCUT2D eigenvalue weighted by Gasteiger charge is -2.26. The molecule has 31 heavy (non-hydrogen) atoms. The Kier molecular flexibility index (Phi) is 6.10. The number of hydrogen-bond donors (Lipinski definition) is 1. The van der Waals surface area contributed by atoms with Gasteiger partial charge in [0, 0.05) is 23.7 Å². The molecule has 0 aliphatic carbocycles. The van der Waals surface area contributed by atoms with Crippen LogP contribution in [-0.4, -0.2) is 57.0 Å². The van der Waals surface area contributed by atoms with Gasteiger partial charge in [0.15, 0.2) is 10.8 Å². The first-order chi connectivity index (χ1) is 14.9. The number of aromatic nitrogens is 1. The fourth-order valence-electron chi connectivity index (χ4n) is 3.19. The average molecular weight is 464 g/mol. The summed E-state index contributed by atoms with van der Waals surface area (Å²) in [6, 6.07) is 8.03. The molecule has 1 fully saturated rings. The predicted molar refractivity (Wildman–Crippen MR) is 115 cm³/mol. The van der Waals surface area contributed by atoms with Gasteiger partial charge in [-0.1, -0.05) is 0 Å². The molecule has 1 aliphatic rings. The third-order valence-corrected chi connectivity index (χ3v) is 7.66. The number of anilines is 1. The molecule has 1 aromatic carbocycles. The zero-order valence-corrected chi connectivity index (χ0v) is 18.6. The smallest absolute Gasteiger partial charge is 0.275 e. The molecule has 1 N–H and O–H groups in total. The SMILES string of the molecule is COc1ccc(NC(=O)c2nc(-c3ccco3)sc2C)cc1S(=O)(=O)N1CCOCC1. The molecule has 0 unspecified atom stereocenters. The third-order valence-electron chi connectivity index (χ3n) is 4.75. The minimum atomic E-state index is -3.81. The molecule has 0 saturated carbocycles. The molecule has 4 rings (SSSR count). The van der Waals surface area contributed by atoms with Crippen LogP contribution < -0.4 is 10.1 Å². The minimum Gasteiger partial charge on any atom is -0.495 e. The van der Waals surface area contributed by atoms with Crippen LogP contribution in [0.25, 0.3) is 10.8 Å². The van der Waals surface area contributed by atoms with Gasteiger partial charge in [-0.05, 0) is 37.3 Å². The van der Waals surface area contributed by atoms with Crippen LogP contribution in [0.4, 0.5) is 5.69 Å². The number of benzene rings is 1. The first-order valence-corrected chi connectivity index (χ1v) is 11.7. The number of hydrogen-bond acceptors (Lipinski definition) is 8. The number of amides is 1. The summed E-state index contributed by atoms with van der Waals surface area (Å²) in [6.45, 7) is 2.98. The number of sulfonamides is 1. The molecule has 0 atom stereocenters. The molecule has 1 aliphatic heterocycles. The Morgan fingerprint density at radius 1 is 1.26 bits per heavy atom. The van der Waals surface area contributed by atoms with Gasteiger partial charge in [0.2, 0.25) is 10.0 Å². The molecular weight excluding hydrogens is 442 g/mol. The zero-order valence-electron chi connectivity index (χ0n) is 17.0. The van der Waals surface area contributed by atoms with E-state index in [1.807, 2.05) is 0 Å². The van der Waals surface area contributed by atoms with Crippen LogP contribution in [0, 0.1) is 6.92 Å². The standard InChI is InChI=1S/C20H21N3O6S2/c1-13-18(22-20(30-13)16-4-3-9-29-16)19(24)21-14-5-6-15(27-2)17(12-14)31(25,26)23-7-10-28-11-8-23/h3-6,9,12H,7-8,10-11H2,1-2H3,(H,21,24). The number of nitrogens with zero attached hydrogens (tertiary/aromatic N) is 2. The maximum atomic E-state index is 13.1. The summed E-state index contributed by atoms with van der Waals surface area (Å²) in [6.07, 6.45) is 1.54. The number of nitrogens with one attached hydrogen (secondary N) is 1. The van der Waals surface area contributed by atoms with Crippen molar-refractivity contribution in [2.45, 2.75) is 11.8 Å². The van der Waals surface area contributed by atoms with Crippen LogP contribution in [0.1, 0.15) is 15.4 Å². The van der Waals surface area contributed by atoms with Gasteiger partial charge in [0.05, 0.1) is 26.6 Å². The van der Waals surface area contributed by atoms with Gasteiger partial charge in [-0.3, -0.25) is 4.79 Å². The fraction of sp³-hybridized carbons (Fsp3) is 0.300. The Hall–Kier alpha value is -2.73. The Morgan fingerprint density at radius 3 is 2.71 bits per heavy atom. The van der Waals surface area contributed by atoms with Gasteiger partial charge in [-0.25, -0.2) is 13.4 Å². The van der Waals surface area contributed by atoms with Crippen LogP contribution >= 0.6 is 11.3 Å². The number of morpholine rings is 1. The summed E-state index contributed by atoms with van der Waals surface area (Å²) in [5.41, 5.74) is 0.578. The minimum absolute atomic E-state index is 0.0130. The van der Waals surface area contributed by atoms with Crippen molar-refractivity contribution in [3.8, 4) is 16.5 Å². The lowest BCUT2D eigenvalue weighted by atomic mass is 10.2. The summed E-state index contributed by atoms with van der Waals surface area (Å²) in [4.78, 5) is 17.9. The van der Waals surface area contributed by atoms with Crippen molar-refractivity contribution in [1.29, 1.82) is 0 Å². The van der Waals surface area contributed by atoms with Crippen LogP contribution in [0.15, 0.2) is 45.9 Å². The van der Waals surface area contributed by atoms with E-state index in [1.54, 1.807) is 31.4 Å². The average Bonchev–Trinajstić information content (AvgIpc) is 3.44. The number of methoxy groups -OCH3 is 1. The summed E-state index contributed by atoms with van der Waals surface area (Å²) < 4.78 is 43.4. The fourth-order valence-corrected chi connectivity index (χ4v) is 5.65. The molecule has 0 spiro atoms. The Bertz CT molecular complexity index is 1180. The monoisotopic (exact) mass is 463 g/mol. The van der Waals surface area contributed by atoms with E-state index >= 15 is 0 Å². The largest absolute Gasteiger partial charge is 0.495 e. The van der Waals surface area contributed by atoms with Crippen molar-refractivity contribution in [3.05, 3.63) is 47.2 Å². The second kappa shape index (κ2) is 8.79. The molecule has 1 amide bonds. The van der Waals surface area contributed by atoms with E-state index in [0.717, 1.165) is 4.88 Å². The molecule has 0 radical (unpaired) electrons. The van der Waals surface area contributed by atoms with Crippen molar-refractivity contribution < 1.29 is 27.1 Å². The van der Waals surface area contributed by atoms with Gasteiger partial charge in [0.1, 0.15) is 16.3 Å². The van der Waals surface area contributed by atoms with E-state index in [1.165, 1.54) is 34.9 Å². The number of ether oxygens (including phenoxy) is 2. The highest BCUT2D eigenvalue weighted by Crippen LogP contribution is 2.31. The molecule has 9 nitrogen and oxygen atoms in total. The molecule has 1 saturated heterocycles. The lowest BCUT2D eigenvalue weighted by Crippen LogP contribution is -2.40. The highest BCUT2D eigenvalue weighted by atomic mass is 32.2. The quantitative estimate of drug-likeness (QED) is 0.598. The first-order valence-electron chi connectivity index (χ1n) is 9.48. The van der Waals surface area contributed by atoms with Gasteiger partial charge in [-0.2, -0.15) is 4.31 Å². The maximum absolute atomic E-state index is 13.1. The van der Waals surface area contributed by atoms with Crippen molar-refractivity contribution in [3.63, 3.8) is 0 Å². The van der Waals surface area contributed by atoms with Crippen molar-refractivity contribution in [1.82, 2.24) is 9.29 Å². The van der Waals surface area contributed by atoms with Crippen LogP contribution in [-0.2, 0) is 14.8 Å². The van der Waals surface area contributed by atoms with E-state index in [2.05, 4.69) is 10.3 Å². The van der Waals surface area contributed by atoms with E-state index < -0.39 is 15.9 Å². The summed E-state index contributed by atoms with van der Waals surface area (Å²) in [5.74, 6) is 0.344. The van der Waals surface area contributed by atoms with Crippen LogP contribution in [0.2, 0.25) is 0 Å². The molecule has 2 aromatic heterocycles. The first kappa shape index (κ1) is 21.5. The Balaban J connectivity index is 1.61. The van der Waals surface area contributed by atoms with Gasteiger partial charge < -0.3 is 19.2 Å². The lowest BCUT2D eigenvalue weighted by molar-refractivity contribution is 0.0729. The van der Waals surface area contributed by atoms with Gasteiger partial charge in [-0.15, -0.1) is 11.3 Å². The summed E-state index contributed by atoms with van der Waals surface area (Å²) in [5, 5.41) is 3.33. The van der Waals surface area contributed by atoms with E-state index in [4.69, 9.17) is 13.9 Å². The molecular formula is C20H21N3O6S2. The molecule has 164 valence electrons. The van der Waals surface area contributed by atoms with E-state index in [9.17, 15) is 13.2 Å². The number of furan rings is 1. The molecule has 3 aromatic rings. The van der Waals surface area contributed by atoms with Crippen molar-refractivity contribution >= 4 is 33.0 Å². The topological polar surface area (TPSA) is 111 Å². The second-order valence-electron chi connectivity index (χ2n) is 6.74. The second-order valence-corrected chi connectivity index (χ2v) is 9.85. The van der Waals surface area contributed by atoms with Gasteiger partial charge >= 0.3 is 0 Å². The highest BCUT2D eigenvalue weighted by molar-refractivity contribution is 7.89. The third kappa shape index (κ3) is 4.35. The van der Waals surface area contributed by atoms with E-state index in [-0.39, 0.29) is 29.4 Å². The molecule has 3 heterocycles. The Labute approximate surface area is 183 Å². The zero-order chi connectivity index (χ0) is 22.0. The number of aryl methyl sites for hydroxylation is 1. The predicted octanol–water partition coefficient (Wildman–Crippen LogP) is 2.99. The summed E-state index contributed by atoms with van der Waals surface area (Å²) >= 11 is 1.34. The maximum Gasteiger partial charge on any atom is 0.275 e. The number of rotatable bonds is 6. The van der Waals surface area contributed by atoms with Crippen LogP contribution in [0.5, 0.6) is 5.75 Å². The molecule has 0 bridgehead atoms. The van der Waals surface area contributed by atoms with Crippen LogP contribution in [0.3, 0.4) is 0 Å². The highest BCUT2D eigenvalue weighted by Gasteiger charge is 2.30.